The second-order valence-electron chi connectivity index (χ2n) is 5.84. The number of rotatable bonds is 7. The van der Waals surface area contributed by atoms with Gasteiger partial charge in [-0.3, -0.25) is 9.59 Å². The van der Waals surface area contributed by atoms with Gasteiger partial charge in [-0.15, -0.1) is 0 Å². The first kappa shape index (κ1) is 17.2. The van der Waals surface area contributed by atoms with Crippen molar-refractivity contribution in [2.45, 2.75) is 33.1 Å². The van der Waals surface area contributed by atoms with Crippen LogP contribution in [0.25, 0.3) is 0 Å². The van der Waals surface area contributed by atoms with Crippen molar-refractivity contribution in [1.82, 2.24) is 0 Å². The van der Waals surface area contributed by atoms with E-state index in [1.807, 2.05) is 49.4 Å². The van der Waals surface area contributed by atoms with Gasteiger partial charge in [-0.2, -0.15) is 0 Å². The van der Waals surface area contributed by atoms with Crippen LogP contribution < -0.4 is 0 Å². The van der Waals surface area contributed by atoms with E-state index in [2.05, 4.69) is 6.08 Å². The summed E-state index contributed by atoms with van der Waals surface area (Å²) in [7, 11) is 0. The molecule has 1 aliphatic carbocycles. The number of hydrogen-bond acceptors (Lipinski definition) is 3. The Morgan fingerprint density at radius 3 is 2.57 bits per heavy atom. The van der Waals surface area contributed by atoms with E-state index in [0.717, 1.165) is 18.4 Å². The Hall–Kier alpha value is -2.16. The van der Waals surface area contributed by atoms with Crippen LogP contribution in [-0.4, -0.2) is 18.4 Å². The van der Waals surface area contributed by atoms with E-state index in [0.29, 0.717) is 12.2 Å². The van der Waals surface area contributed by atoms with Crippen LogP contribution >= 0.6 is 0 Å². The van der Waals surface area contributed by atoms with Crippen molar-refractivity contribution < 1.29 is 14.3 Å². The number of allylic oxidation sites excluding steroid dienone is 4. The molecule has 3 nitrogen and oxygen atoms in total. The maximum Gasteiger partial charge on any atom is 0.306 e. The van der Waals surface area contributed by atoms with Crippen molar-refractivity contribution in [3.05, 3.63) is 59.7 Å². The van der Waals surface area contributed by atoms with Gasteiger partial charge in [0.05, 0.1) is 13.0 Å². The molecule has 1 aliphatic rings. The highest BCUT2D eigenvalue weighted by Crippen LogP contribution is 2.32. The molecule has 23 heavy (non-hydrogen) atoms. The molecular formula is C20H24O3. The molecule has 2 atom stereocenters. The van der Waals surface area contributed by atoms with Gasteiger partial charge in [0.2, 0.25) is 0 Å². The molecule has 122 valence electrons. The molecule has 0 spiro atoms. The fourth-order valence-corrected chi connectivity index (χ4v) is 3.01. The van der Waals surface area contributed by atoms with Crippen molar-refractivity contribution >= 4 is 11.8 Å². The molecule has 0 N–H and O–H groups in total. The molecule has 1 aromatic carbocycles. The molecule has 0 saturated carbocycles. The van der Waals surface area contributed by atoms with Crippen LogP contribution in [0.2, 0.25) is 0 Å². The van der Waals surface area contributed by atoms with Crippen LogP contribution in [0, 0.1) is 11.8 Å². The number of carbonyl (C=O) groups excluding carboxylic acids is 2. The summed E-state index contributed by atoms with van der Waals surface area (Å²) >= 11 is 0. The number of Topliss-reactive ketones (excluding diaryl/α,β-unsaturated/α-hetero) is 1. The van der Waals surface area contributed by atoms with Crippen LogP contribution in [0.3, 0.4) is 0 Å². The molecule has 0 amide bonds. The predicted octanol–water partition coefficient (Wildman–Crippen LogP) is 4.35. The van der Waals surface area contributed by atoms with Gasteiger partial charge in [-0.25, -0.2) is 0 Å². The SMILES string of the molecule is CCOC(=O)CC(C1=CC=CCC1)C(C)C(=O)c1ccccc1. The van der Waals surface area contributed by atoms with E-state index in [9.17, 15) is 9.59 Å². The molecule has 0 heterocycles. The summed E-state index contributed by atoms with van der Waals surface area (Å²) < 4.78 is 5.10. The monoisotopic (exact) mass is 312 g/mol. The topological polar surface area (TPSA) is 43.4 Å². The fourth-order valence-electron chi connectivity index (χ4n) is 3.01. The van der Waals surface area contributed by atoms with Crippen LogP contribution in [0.15, 0.2) is 54.1 Å². The normalized spacial score (nSPS) is 16.3. The second-order valence-corrected chi connectivity index (χ2v) is 5.84. The number of ketones is 1. The number of carbonyl (C=O) groups is 2. The zero-order valence-corrected chi connectivity index (χ0v) is 13.8. The smallest absolute Gasteiger partial charge is 0.306 e. The van der Waals surface area contributed by atoms with Gasteiger partial charge < -0.3 is 4.74 Å². The zero-order chi connectivity index (χ0) is 16.7. The standard InChI is InChI=1S/C20H24O3/c1-3-23-19(21)14-18(16-10-6-4-7-11-16)15(2)20(22)17-12-8-5-9-13-17/h4-6,8-10,12-13,15,18H,3,7,11,14H2,1-2H3. The Kier molecular flexibility index (Phi) is 6.33. The van der Waals surface area contributed by atoms with Crippen molar-refractivity contribution in [3.8, 4) is 0 Å². The Bertz CT molecular complexity index is 599. The van der Waals surface area contributed by atoms with Crippen molar-refractivity contribution in [3.63, 3.8) is 0 Å². The lowest BCUT2D eigenvalue weighted by Gasteiger charge is -2.26. The van der Waals surface area contributed by atoms with E-state index in [-0.39, 0.29) is 30.0 Å². The highest BCUT2D eigenvalue weighted by atomic mass is 16.5. The van der Waals surface area contributed by atoms with Crippen molar-refractivity contribution in [2.75, 3.05) is 6.61 Å². The Morgan fingerprint density at radius 1 is 1.22 bits per heavy atom. The third-order valence-corrected chi connectivity index (χ3v) is 4.29. The summed E-state index contributed by atoms with van der Waals surface area (Å²) in [6.45, 7) is 4.08. The largest absolute Gasteiger partial charge is 0.466 e. The minimum Gasteiger partial charge on any atom is -0.466 e. The Balaban J connectivity index is 2.21. The Morgan fingerprint density at radius 2 is 1.96 bits per heavy atom. The first-order valence-corrected chi connectivity index (χ1v) is 8.24. The van der Waals surface area contributed by atoms with Gasteiger partial charge in [0.15, 0.2) is 5.78 Å². The summed E-state index contributed by atoms with van der Waals surface area (Å²) in [6, 6.07) is 9.28. The van der Waals surface area contributed by atoms with E-state index in [4.69, 9.17) is 4.74 Å². The molecular weight excluding hydrogens is 288 g/mol. The summed E-state index contributed by atoms with van der Waals surface area (Å²) in [6.07, 6.45) is 8.27. The van der Waals surface area contributed by atoms with Crippen LogP contribution in [0.5, 0.6) is 0 Å². The molecule has 0 bridgehead atoms. The maximum absolute atomic E-state index is 12.8. The van der Waals surface area contributed by atoms with E-state index < -0.39 is 0 Å². The lowest BCUT2D eigenvalue weighted by molar-refractivity contribution is -0.144. The van der Waals surface area contributed by atoms with Gasteiger partial charge in [0.1, 0.15) is 0 Å². The van der Waals surface area contributed by atoms with E-state index in [1.54, 1.807) is 6.92 Å². The molecule has 0 aromatic heterocycles. The van der Waals surface area contributed by atoms with Crippen LogP contribution in [0.1, 0.15) is 43.5 Å². The van der Waals surface area contributed by atoms with Crippen molar-refractivity contribution in [1.29, 1.82) is 0 Å². The van der Waals surface area contributed by atoms with Crippen LogP contribution in [-0.2, 0) is 9.53 Å². The number of benzene rings is 1. The number of ether oxygens (including phenoxy) is 1. The van der Waals surface area contributed by atoms with E-state index in [1.165, 1.54) is 0 Å². The minimum absolute atomic E-state index is 0.0790. The van der Waals surface area contributed by atoms with Gasteiger partial charge in [0.25, 0.3) is 0 Å². The predicted molar refractivity (Wildman–Crippen MR) is 91.1 cm³/mol. The molecule has 0 fully saturated rings. The summed E-state index contributed by atoms with van der Waals surface area (Å²) in [5.41, 5.74) is 1.86. The quantitative estimate of drug-likeness (QED) is 0.555. The molecule has 1 aromatic rings. The molecule has 0 radical (unpaired) electrons. The lowest BCUT2D eigenvalue weighted by Crippen LogP contribution is -2.26. The minimum atomic E-state index is -0.250. The van der Waals surface area contributed by atoms with Crippen LogP contribution in [0.4, 0.5) is 0 Å². The third-order valence-electron chi connectivity index (χ3n) is 4.29. The zero-order valence-electron chi connectivity index (χ0n) is 13.8. The number of esters is 1. The van der Waals surface area contributed by atoms with E-state index >= 15 is 0 Å². The Labute approximate surface area is 138 Å². The first-order chi connectivity index (χ1) is 11.1. The summed E-state index contributed by atoms with van der Waals surface area (Å²) in [4.78, 5) is 24.8. The van der Waals surface area contributed by atoms with Gasteiger partial charge in [0, 0.05) is 17.4 Å². The van der Waals surface area contributed by atoms with Gasteiger partial charge >= 0.3 is 5.97 Å². The average molecular weight is 312 g/mol. The summed E-state index contributed by atoms with van der Waals surface area (Å²) in [5.74, 6) is -0.512. The van der Waals surface area contributed by atoms with Crippen molar-refractivity contribution in [2.24, 2.45) is 11.8 Å². The highest BCUT2D eigenvalue weighted by Gasteiger charge is 2.30. The fraction of sp³-hybridized carbons (Fsp3) is 0.400. The average Bonchev–Trinajstić information content (AvgIpc) is 2.60. The molecule has 3 heteroatoms. The first-order valence-electron chi connectivity index (χ1n) is 8.24. The molecule has 2 unspecified atom stereocenters. The van der Waals surface area contributed by atoms with Gasteiger partial charge in [-0.05, 0) is 19.8 Å². The van der Waals surface area contributed by atoms with Gasteiger partial charge in [-0.1, -0.05) is 61.1 Å². The molecule has 2 rings (SSSR count). The second kappa shape index (κ2) is 8.47. The lowest BCUT2D eigenvalue weighted by atomic mass is 9.77. The number of hydrogen-bond donors (Lipinski definition) is 0. The molecule has 0 aliphatic heterocycles. The maximum atomic E-state index is 12.8. The molecule has 0 saturated heterocycles. The third kappa shape index (κ3) is 4.65. The highest BCUT2D eigenvalue weighted by molar-refractivity contribution is 5.98. The summed E-state index contributed by atoms with van der Waals surface area (Å²) in [5, 5.41) is 0.